The van der Waals surface area contributed by atoms with Crippen molar-refractivity contribution in [3.63, 3.8) is 0 Å². The van der Waals surface area contributed by atoms with Crippen LogP contribution in [0.25, 0.3) is 0 Å². The zero-order valence-electron chi connectivity index (χ0n) is 9.53. The molecule has 0 saturated carbocycles. The molecule has 0 amide bonds. The molecular weight excluding hydrogens is 192 g/mol. The molecule has 3 nitrogen and oxygen atoms in total. The Hall–Kier alpha value is -1.12. The number of carboxylic acid groups (broad SMARTS) is 1. The molecule has 15 heavy (non-hydrogen) atoms. The van der Waals surface area contributed by atoms with Crippen LogP contribution in [0, 0.1) is 5.92 Å². The number of allylic oxidation sites excluding steroid dienone is 1. The Bertz CT molecular complexity index is 231. The summed E-state index contributed by atoms with van der Waals surface area (Å²) >= 11 is 0. The third-order valence-electron chi connectivity index (χ3n) is 2.34. The molecule has 0 heterocycles. The second kappa shape index (κ2) is 8.21. The van der Waals surface area contributed by atoms with Gasteiger partial charge in [-0.1, -0.05) is 33.1 Å². The fraction of sp³-hybridized carbons (Fsp3) is 0.667. The highest BCUT2D eigenvalue weighted by molar-refractivity contribution is 5.96. The summed E-state index contributed by atoms with van der Waals surface area (Å²) in [4.78, 5) is 21.9. The lowest BCUT2D eigenvalue weighted by Gasteiger charge is -2.11. The molecule has 0 spiro atoms. The van der Waals surface area contributed by atoms with Crippen molar-refractivity contribution < 1.29 is 14.7 Å². The molecule has 0 fully saturated rings. The zero-order valence-corrected chi connectivity index (χ0v) is 9.53. The smallest absolute Gasteiger partial charge is 0.328 e. The summed E-state index contributed by atoms with van der Waals surface area (Å²) < 4.78 is 0. The average Bonchev–Trinajstić information content (AvgIpc) is 2.20. The van der Waals surface area contributed by atoms with E-state index in [1.54, 1.807) is 0 Å². The van der Waals surface area contributed by atoms with Crippen molar-refractivity contribution in [1.82, 2.24) is 0 Å². The van der Waals surface area contributed by atoms with Gasteiger partial charge in [0.2, 0.25) is 0 Å². The van der Waals surface area contributed by atoms with E-state index >= 15 is 0 Å². The number of hydrogen-bond donors (Lipinski definition) is 1. The highest BCUT2D eigenvalue weighted by atomic mass is 16.4. The van der Waals surface area contributed by atoms with E-state index in [2.05, 4.69) is 6.92 Å². The Kier molecular flexibility index (Phi) is 7.60. The molecule has 0 aromatic heterocycles. The predicted molar refractivity (Wildman–Crippen MR) is 59.7 cm³/mol. The molecule has 0 aromatic rings. The van der Waals surface area contributed by atoms with Crippen molar-refractivity contribution in [3.05, 3.63) is 12.2 Å². The van der Waals surface area contributed by atoms with Crippen molar-refractivity contribution in [2.45, 2.75) is 46.0 Å². The highest BCUT2D eigenvalue weighted by Gasteiger charge is 2.14. The number of carbonyl (C=O) groups excluding carboxylic acids is 1. The van der Waals surface area contributed by atoms with E-state index in [1.165, 1.54) is 6.08 Å². The van der Waals surface area contributed by atoms with Crippen LogP contribution in [0.4, 0.5) is 0 Å². The van der Waals surface area contributed by atoms with E-state index in [0.29, 0.717) is 0 Å². The van der Waals surface area contributed by atoms with Crippen LogP contribution < -0.4 is 0 Å². The Labute approximate surface area is 91.2 Å². The zero-order chi connectivity index (χ0) is 11.7. The molecule has 0 aromatic carbocycles. The first-order chi connectivity index (χ1) is 7.11. The molecule has 86 valence electrons. The van der Waals surface area contributed by atoms with E-state index in [0.717, 1.165) is 38.2 Å². The minimum atomic E-state index is -1.06. The third-order valence-corrected chi connectivity index (χ3v) is 2.34. The summed E-state index contributed by atoms with van der Waals surface area (Å²) in [5.74, 6) is -1.10. The quantitative estimate of drug-likeness (QED) is 0.629. The first kappa shape index (κ1) is 13.9. The van der Waals surface area contributed by atoms with Gasteiger partial charge in [0.15, 0.2) is 5.78 Å². The van der Waals surface area contributed by atoms with Crippen LogP contribution in [0.5, 0.6) is 0 Å². The molecule has 1 atom stereocenters. The number of aliphatic carboxylic acids is 1. The maximum atomic E-state index is 11.6. The first-order valence-corrected chi connectivity index (χ1v) is 5.56. The molecule has 0 aliphatic heterocycles. The van der Waals surface area contributed by atoms with Crippen LogP contribution in [-0.4, -0.2) is 16.9 Å². The molecular formula is C12H20O3. The Morgan fingerprint density at radius 2 is 1.80 bits per heavy atom. The number of ketones is 1. The van der Waals surface area contributed by atoms with Crippen molar-refractivity contribution in [2.75, 3.05) is 0 Å². The van der Waals surface area contributed by atoms with Crippen molar-refractivity contribution in [2.24, 2.45) is 5.92 Å². The van der Waals surface area contributed by atoms with Gasteiger partial charge >= 0.3 is 5.97 Å². The van der Waals surface area contributed by atoms with Gasteiger partial charge in [0.25, 0.3) is 0 Å². The van der Waals surface area contributed by atoms with Gasteiger partial charge in [-0.2, -0.15) is 0 Å². The van der Waals surface area contributed by atoms with Crippen molar-refractivity contribution >= 4 is 11.8 Å². The fourth-order valence-electron chi connectivity index (χ4n) is 1.52. The molecule has 0 saturated heterocycles. The van der Waals surface area contributed by atoms with E-state index in [4.69, 9.17) is 5.11 Å². The Morgan fingerprint density at radius 1 is 1.13 bits per heavy atom. The number of hydrogen-bond acceptors (Lipinski definition) is 2. The molecule has 0 aliphatic rings. The number of rotatable bonds is 8. The summed E-state index contributed by atoms with van der Waals surface area (Å²) in [6.07, 6.45) is 6.89. The molecule has 3 heteroatoms. The largest absolute Gasteiger partial charge is 0.478 e. The van der Waals surface area contributed by atoms with Crippen molar-refractivity contribution in [1.29, 1.82) is 0 Å². The fourth-order valence-corrected chi connectivity index (χ4v) is 1.52. The summed E-state index contributed by atoms with van der Waals surface area (Å²) in [6, 6.07) is 0. The SMILES string of the molecule is CCCCC(CCC)C(=O)/C=C/C(=O)O. The summed E-state index contributed by atoms with van der Waals surface area (Å²) in [5.41, 5.74) is 0. The minimum Gasteiger partial charge on any atom is -0.478 e. The molecule has 0 aliphatic carbocycles. The standard InChI is InChI=1S/C12H20O3/c1-3-5-7-10(6-4-2)11(13)8-9-12(14)15/h8-10H,3-7H2,1-2H3,(H,14,15)/b9-8+. The predicted octanol–water partition coefficient (Wildman–Crippen LogP) is 2.80. The van der Waals surface area contributed by atoms with E-state index < -0.39 is 5.97 Å². The highest BCUT2D eigenvalue weighted by Crippen LogP contribution is 2.16. The number of unbranched alkanes of at least 4 members (excludes halogenated alkanes) is 1. The van der Waals surface area contributed by atoms with Gasteiger partial charge in [0, 0.05) is 12.0 Å². The molecule has 1 unspecified atom stereocenters. The van der Waals surface area contributed by atoms with Crippen LogP contribution in [0.1, 0.15) is 46.0 Å². The monoisotopic (exact) mass is 212 g/mol. The molecule has 1 N–H and O–H groups in total. The van der Waals surface area contributed by atoms with Crippen LogP contribution in [0.3, 0.4) is 0 Å². The number of carboxylic acids is 1. The van der Waals surface area contributed by atoms with Gasteiger partial charge in [-0.3, -0.25) is 4.79 Å². The van der Waals surface area contributed by atoms with E-state index in [1.807, 2.05) is 6.92 Å². The normalized spacial score (nSPS) is 12.9. The van der Waals surface area contributed by atoms with E-state index in [-0.39, 0.29) is 11.7 Å². The minimum absolute atomic E-state index is 0.00514. The van der Waals surface area contributed by atoms with Gasteiger partial charge in [0.1, 0.15) is 0 Å². The lowest BCUT2D eigenvalue weighted by Crippen LogP contribution is -2.12. The summed E-state index contributed by atoms with van der Waals surface area (Å²) in [7, 11) is 0. The summed E-state index contributed by atoms with van der Waals surface area (Å²) in [5, 5.41) is 8.41. The second-order valence-corrected chi connectivity index (χ2v) is 3.70. The van der Waals surface area contributed by atoms with Crippen LogP contribution in [0.2, 0.25) is 0 Å². The van der Waals surface area contributed by atoms with E-state index in [9.17, 15) is 9.59 Å². The van der Waals surface area contributed by atoms with Gasteiger partial charge in [0.05, 0.1) is 0 Å². The third kappa shape index (κ3) is 6.89. The Balaban J connectivity index is 4.21. The first-order valence-electron chi connectivity index (χ1n) is 5.56. The maximum Gasteiger partial charge on any atom is 0.328 e. The summed E-state index contributed by atoms with van der Waals surface area (Å²) in [6.45, 7) is 4.12. The van der Waals surface area contributed by atoms with Crippen LogP contribution in [-0.2, 0) is 9.59 Å². The molecule has 0 bridgehead atoms. The van der Waals surface area contributed by atoms with Gasteiger partial charge in [-0.05, 0) is 18.9 Å². The second-order valence-electron chi connectivity index (χ2n) is 3.70. The Morgan fingerprint density at radius 3 is 2.27 bits per heavy atom. The topological polar surface area (TPSA) is 54.4 Å². The van der Waals surface area contributed by atoms with Gasteiger partial charge in [-0.15, -0.1) is 0 Å². The van der Waals surface area contributed by atoms with Crippen molar-refractivity contribution in [3.8, 4) is 0 Å². The molecule has 0 radical (unpaired) electrons. The lowest BCUT2D eigenvalue weighted by atomic mass is 9.92. The number of carbonyl (C=O) groups is 2. The van der Waals surface area contributed by atoms with Gasteiger partial charge < -0.3 is 5.11 Å². The van der Waals surface area contributed by atoms with Crippen LogP contribution >= 0.6 is 0 Å². The van der Waals surface area contributed by atoms with Crippen LogP contribution in [0.15, 0.2) is 12.2 Å². The average molecular weight is 212 g/mol. The lowest BCUT2D eigenvalue weighted by molar-refractivity contribution is -0.131. The maximum absolute atomic E-state index is 11.6. The van der Waals surface area contributed by atoms with Gasteiger partial charge in [-0.25, -0.2) is 4.79 Å². The molecule has 0 rings (SSSR count).